The van der Waals surface area contributed by atoms with Gasteiger partial charge < -0.3 is 9.64 Å². The molecule has 4 heterocycles. The van der Waals surface area contributed by atoms with Gasteiger partial charge in [-0.25, -0.2) is 24.3 Å². The van der Waals surface area contributed by atoms with Crippen molar-refractivity contribution in [3.63, 3.8) is 0 Å². The average Bonchev–Trinajstić information content (AvgIpc) is 2.81. The van der Waals surface area contributed by atoms with E-state index in [2.05, 4.69) is 19.9 Å². The topological polar surface area (TPSA) is 81.1 Å². The first-order valence-electron chi connectivity index (χ1n) is 10.5. The largest absolute Gasteiger partial charge is 0.469 e. The molecule has 6 rings (SSSR count). The van der Waals surface area contributed by atoms with Crippen LogP contribution in [0, 0.1) is 24.6 Å². The molecule has 0 spiro atoms. The molecule has 1 amide bonds. The van der Waals surface area contributed by atoms with Crippen LogP contribution in [0.3, 0.4) is 0 Å². The summed E-state index contributed by atoms with van der Waals surface area (Å²) in [6, 6.07) is 6.80. The highest BCUT2D eigenvalue weighted by atomic mass is 19.1. The Kier molecular flexibility index (Phi) is 5.24. The van der Waals surface area contributed by atoms with Crippen molar-refractivity contribution in [2.24, 2.45) is 5.92 Å². The summed E-state index contributed by atoms with van der Waals surface area (Å²) in [6.45, 7) is 2.26. The lowest BCUT2D eigenvalue weighted by molar-refractivity contribution is -0.0329. The summed E-state index contributed by atoms with van der Waals surface area (Å²) in [6.07, 6.45) is 5.72. The summed E-state index contributed by atoms with van der Waals surface area (Å²) < 4.78 is 33.4. The number of aryl methyl sites for hydroxylation is 1. The fourth-order valence-electron chi connectivity index (χ4n) is 4.62. The summed E-state index contributed by atoms with van der Waals surface area (Å²) in [5, 5.41) is 0. The maximum Gasteiger partial charge on any atom is 0.275 e. The molecule has 2 aromatic heterocycles. The number of nitrogens with zero attached hydrogens (tertiary/aromatic N) is 5. The Labute approximate surface area is 183 Å². The van der Waals surface area contributed by atoms with Gasteiger partial charge in [0.1, 0.15) is 6.10 Å². The number of rotatable bonds is 4. The van der Waals surface area contributed by atoms with Crippen molar-refractivity contribution in [1.82, 2.24) is 24.8 Å². The van der Waals surface area contributed by atoms with Crippen molar-refractivity contribution >= 4 is 5.91 Å². The lowest BCUT2D eigenvalue weighted by Crippen LogP contribution is -2.59. The van der Waals surface area contributed by atoms with E-state index in [-0.39, 0.29) is 35.7 Å². The first-order chi connectivity index (χ1) is 15.5. The molecule has 0 N–H and O–H groups in total. The third-order valence-electron chi connectivity index (χ3n) is 6.08. The smallest absolute Gasteiger partial charge is 0.275 e. The van der Waals surface area contributed by atoms with Crippen molar-refractivity contribution < 1.29 is 18.3 Å². The minimum atomic E-state index is -0.747. The van der Waals surface area contributed by atoms with Crippen molar-refractivity contribution in [3.8, 4) is 17.3 Å². The highest BCUT2D eigenvalue weighted by Gasteiger charge is 2.45. The van der Waals surface area contributed by atoms with Crippen LogP contribution in [-0.2, 0) is 0 Å². The summed E-state index contributed by atoms with van der Waals surface area (Å²) >= 11 is 0. The van der Waals surface area contributed by atoms with E-state index in [4.69, 9.17) is 4.74 Å². The molecule has 0 radical (unpaired) electrons. The number of ether oxygens (including phenoxy) is 1. The molecule has 9 heteroatoms. The van der Waals surface area contributed by atoms with Crippen LogP contribution in [0.25, 0.3) is 11.4 Å². The van der Waals surface area contributed by atoms with Crippen molar-refractivity contribution in [1.29, 1.82) is 0 Å². The quantitative estimate of drug-likeness (QED) is 0.621. The first kappa shape index (κ1) is 20.4. The SMILES string of the molecule is Cc1cnc(OC2CC3CCC2N(C(=O)c2ccccc2-c2ncc(F)cn2)C3)c(F)n1. The van der Waals surface area contributed by atoms with E-state index in [1.54, 1.807) is 36.1 Å². The van der Waals surface area contributed by atoms with Crippen LogP contribution in [0.2, 0.25) is 0 Å². The third kappa shape index (κ3) is 3.79. The van der Waals surface area contributed by atoms with Crippen LogP contribution in [-0.4, -0.2) is 49.4 Å². The Morgan fingerprint density at radius 1 is 1.09 bits per heavy atom. The molecule has 3 atom stereocenters. The molecule has 2 aliphatic heterocycles. The van der Waals surface area contributed by atoms with Crippen molar-refractivity contribution in [3.05, 3.63) is 65.9 Å². The number of fused-ring (bicyclic) bond motifs is 3. The van der Waals surface area contributed by atoms with Crippen molar-refractivity contribution in [2.75, 3.05) is 6.54 Å². The number of amides is 1. The molecule has 2 bridgehead atoms. The molecule has 1 aliphatic carbocycles. The molecule has 2 saturated heterocycles. The molecule has 3 unspecified atom stereocenters. The zero-order valence-electron chi connectivity index (χ0n) is 17.4. The molecular formula is C23H21F2N5O2. The number of hydrogen-bond donors (Lipinski definition) is 0. The summed E-state index contributed by atoms with van der Waals surface area (Å²) in [5.41, 5.74) is 1.44. The number of aromatic nitrogens is 4. The molecule has 32 heavy (non-hydrogen) atoms. The summed E-state index contributed by atoms with van der Waals surface area (Å²) in [7, 11) is 0. The maximum atomic E-state index is 14.2. The molecular weight excluding hydrogens is 416 g/mol. The minimum Gasteiger partial charge on any atom is -0.469 e. The minimum absolute atomic E-state index is 0.138. The van der Waals surface area contributed by atoms with E-state index in [9.17, 15) is 13.6 Å². The molecule has 3 aromatic rings. The Hall–Kier alpha value is -3.49. The summed E-state index contributed by atoms with van der Waals surface area (Å²) in [5.74, 6) is -1.07. The van der Waals surface area contributed by atoms with Gasteiger partial charge in [-0.05, 0) is 38.2 Å². The number of halogens is 2. The number of hydrogen-bond acceptors (Lipinski definition) is 6. The highest BCUT2D eigenvalue weighted by Crippen LogP contribution is 2.38. The zero-order chi connectivity index (χ0) is 22.2. The van der Waals surface area contributed by atoms with Gasteiger partial charge in [0.2, 0.25) is 0 Å². The number of benzene rings is 1. The van der Waals surface area contributed by atoms with Gasteiger partial charge in [0.25, 0.3) is 17.7 Å². The molecule has 164 valence electrons. The molecule has 1 saturated carbocycles. The van der Waals surface area contributed by atoms with E-state index in [1.807, 2.05) is 0 Å². The van der Waals surface area contributed by atoms with Gasteiger partial charge in [-0.2, -0.15) is 4.39 Å². The van der Waals surface area contributed by atoms with Crippen LogP contribution in [0.4, 0.5) is 8.78 Å². The monoisotopic (exact) mass is 437 g/mol. The lowest BCUT2D eigenvalue weighted by atomic mass is 9.77. The summed E-state index contributed by atoms with van der Waals surface area (Å²) in [4.78, 5) is 31.3. The fraction of sp³-hybridized carbons (Fsp3) is 0.348. The van der Waals surface area contributed by atoms with E-state index in [0.29, 0.717) is 23.4 Å². The number of piperidine rings is 2. The highest BCUT2D eigenvalue weighted by molar-refractivity contribution is 6.00. The van der Waals surface area contributed by atoms with Gasteiger partial charge in [-0.1, -0.05) is 18.2 Å². The fourth-order valence-corrected chi connectivity index (χ4v) is 4.62. The van der Waals surface area contributed by atoms with E-state index in [0.717, 1.165) is 31.7 Å². The second-order valence-corrected chi connectivity index (χ2v) is 8.24. The third-order valence-corrected chi connectivity index (χ3v) is 6.08. The molecule has 7 nitrogen and oxygen atoms in total. The van der Waals surface area contributed by atoms with E-state index < -0.39 is 11.8 Å². The second kappa shape index (κ2) is 8.22. The lowest BCUT2D eigenvalue weighted by Gasteiger charge is -2.49. The zero-order valence-corrected chi connectivity index (χ0v) is 17.4. The molecule has 1 aromatic carbocycles. The van der Waals surface area contributed by atoms with Crippen LogP contribution < -0.4 is 4.74 Å². The van der Waals surface area contributed by atoms with Crippen LogP contribution in [0.5, 0.6) is 5.88 Å². The van der Waals surface area contributed by atoms with Gasteiger partial charge in [0.05, 0.1) is 35.9 Å². The van der Waals surface area contributed by atoms with Crippen LogP contribution >= 0.6 is 0 Å². The Morgan fingerprint density at radius 2 is 1.88 bits per heavy atom. The van der Waals surface area contributed by atoms with E-state index >= 15 is 0 Å². The van der Waals surface area contributed by atoms with Gasteiger partial charge in [0, 0.05) is 12.1 Å². The standard InChI is InChI=1S/C23H21F2N5O2/c1-13-9-28-22(20(25)29-13)32-19-8-14-6-7-18(19)30(12-14)23(31)17-5-3-2-4-16(17)21-26-10-15(24)11-27-21/h2-5,9-11,14,18-19H,6-8,12H2,1H3. The van der Waals surface area contributed by atoms with Crippen molar-refractivity contribution in [2.45, 2.75) is 38.3 Å². The normalized spacial score (nSPS) is 22.1. The Morgan fingerprint density at radius 3 is 2.62 bits per heavy atom. The van der Waals surface area contributed by atoms with Gasteiger partial charge >= 0.3 is 0 Å². The first-order valence-corrected chi connectivity index (χ1v) is 10.5. The van der Waals surface area contributed by atoms with Crippen LogP contribution in [0.1, 0.15) is 35.3 Å². The van der Waals surface area contributed by atoms with Gasteiger partial charge in [0.15, 0.2) is 11.6 Å². The maximum absolute atomic E-state index is 14.2. The average molecular weight is 437 g/mol. The number of carbonyl (C=O) groups is 1. The second-order valence-electron chi connectivity index (χ2n) is 8.24. The van der Waals surface area contributed by atoms with Crippen LogP contribution in [0.15, 0.2) is 42.9 Å². The Bertz CT molecular complexity index is 1160. The van der Waals surface area contributed by atoms with Gasteiger partial charge in [-0.3, -0.25) is 4.79 Å². The van der Waals surface area contributed by atoms with E-state index in [1.165, 1.54) is 6.20 Å². The number of carbonyl (C=O) groups excluding carboxylic acids is 1. The molecule has 3 aliphatic rings. The molecule has 3 fully saturated rings. The predicted molar refractivity (Wildman–Crippen MR) is 111 cm³/mol. The Balaban J connectivity index is 1.43. The van der Waals surface area contributed by atoms with Gasteiger partial charge in [-0.15, -0.1) is 0 Å². The predicted octanol–water partition coefficient (Wildman–Crippen LogP) is 3.59.